The van der Waals surface area contributed by atoms with Crippen LogP contribution in [0.25, 0.3) is 0 Å². The van der Waals surface area contributed by atoms with Crippen LogP contribution in [-0.4, -0.2) is 48.9 Å². The van der Waals surface area contributed by atoms with Gasteiger partial charge in [-0.25, -0.2) is 0 Å². The van der Waals surface area contributed by atoms with E-state index in [1.165, 1.54) is 45.3 Å². The molecule has 0 saturated carbocycles. The van der Waals surface area contributed by atoms with Crippen molar-refractivity contribution in [3.63, 3.8) is 0 Å². The summed E-state index contributed by atoms with van der Waals surface area (Å²) < 4.78 is 28.5. The van der Waals surface area contributed by atoms with Crippen LogP contribution >= 0.6 is 0 Å². The maximum atomic E-state index is 12.1. The van der Waals surface area contributed by atoms with Crippen molar-refractivity contribution in [1.82, 2.24) is 15.2 Å². The van der Waals surface area contributed by atoms with Crippen LogP contribution in [0.3, 0.4) is 0 Å². The Morgan fingerprint density at radius 2 is 1.73 bits per heavy atom. The molecule has 40 heavy (non-hydrogen) atoms. The molecule has 2 N–H and O–H groups in total. The van der Waals surface area contributed by atoms with Crippen LogP contribution in [0.15, 0.2) is 43.2 Å². The number of benzene rings is 1. The number of rotatable bonds is 10. The molecule has 0 radical (unpaired) electrons. The minimum Gasteiger partial charge on any atom is -0.435 e. The second kappa shape index (κ2) is 23.0. The van der Waals surface area contributed by atoms with Crippen molar-refractivity contribution in [2.75, 3.05) is 26.7 Å². The first-order valence-electron chi connectivity index (χ1n) is 14.7. The lowest BCUT2D eigenvalue weighted by Gasteiger charge is -2.25. The van der Waals surface area contributed by atoms with E-state index in [0.29, 0.717) is 11.5 Å². The van der Waals surface area contributed by atoms with Crippen molar-refractivity contribution < 1.29 is 13.5 Å². The lowest BCUT2D eigenvalue weighted by Crippen LogP contribution is -2.30. The molecule has 2 heterocycles. The lowest BCUT2D eigenvalue weighted by atomic mass is 10.0. The van der Waals surface area contributed by atoms with Gasteiger partial charge >= 0.3 is 6.61 Å². The molecule has 7 heteroatoms. The summed E-state index contributed by atoms with van der Waals surface area (Å²) in [4.78, 5) is 6.78. The van der Waals surface area contributed by atoms with Crippen LogP contribution in [0, 0.1) is 26.2 Å². The molecule has 1 saturated heterocycles. The van der Waals surface area contributed by atoms with Crippen LogP contribution < -0.4 is 10.1 Å². The maximum Gasteiger partial charge on any atom is 0.387 e. The second-order valence-corrected chi connectivity index (χ2v) is 10.0. The number of nitrogens with zero attached hydrogens (tertiary/aromatic N) is 2. The molecule has 1 aliphatic rings. The first-order valence-corrected chi connectivity index (χ1v) is 14.7. The third-order valence-electron chi connectivity index (χ3n) is 6.22. The van der Waals surface area contributed by atoms with Gasteiger partial charge in [0.1, 0.15) is 5.75 Å². The molecule has 3 rings (SSSR count). The van der Waals surface area contributed by atoms with E-state index < -0.39 is 6.61 Å². The van der Waals surface area contributed by atoms with Crippen LogP contribution in [0.5, 0.6) is 5.75 Å². The Bertz CT molecular complexity index is 957. The van der Waals surface area contributed by atoms with Gasteiger partial charge in [-0.15, -0.1) is 0 Å². The third kappa shape index (κ3) is 17.0. The molecule has 0 unspecified atom stereocenters. The summed E-state index contributed by atoms with van der Waals surface area (Å²) in [5, 5.41) is 10.5. The Morgan fingerprint density at radius 3 is 2.23 bits per heavy atom. The minimum absolute atomic E-state index is 0.307. The van der Waals surface area contributed by atoms with E-state index in [1.54, 1.807) is 12.3 Å². The zero-order chi connectivity index (χ0) is 30.3. The Kier molecular flexibility index (Phi) is 21.4. The molecule has 0 atom stereocenters. The molecule has 0 spiro atoms. The molecule has 2 aromatic rings. The van der Waals surface area contributed by atoms with Crippen molar-refractivity contribution in [3.8, 4) is 5.75 Å². The molecular formula is C33H54F2N4O. The number of likely N-dealkylation sites (tertiary alicyclic amines) is 1. The SMILES string of the molecule is C=CNC.CCCC(=N)c1cnc(C)cc1C.CCCN1CCCCC1.CCCc1ccc(C)cc1OC(F)F. The predicted octanol–water partition coefficient (Wildman–Crippen LogP) is 8.65. The second-order valence-electron chi connectivity index (χ2n) is 10.0. The van der Waals surface area contributed by atoms with Gasteiger partial charge in [0.05, 0.1) is 0 Å². The summed E-state index contributed by atoms with van der Waals surface area (Å²) in [5.74, 6) is 0.307. The molecule has 0 amide bonds. The summed E-state index contributed by atoms with van der Waals surface area (Å²) in [5.41, 5.74) is 5.65. The van der Waals surface area contributed by atoms with Crippen molar-refractivity contribution in [1.29, 1.82) is 5.41 Å². The van der Waals surface area contributed by atoms with Crippen molar-refractivity contribution in [2.45, 2.75) is 99.5 Å². The van der Waals surface area contributed by atoms with Crippen molar-refractivity contribution in [3.05, 3.63) is 71.2 Å². The van der Waals surface area contributed by atoms with Gasteiger partial charge in [-0.2, -0.15) is 8.78 Å². The molecule has 1 aromatic carbocycles. The third-order valence-corrected chi connectivity index (χ3v) is 6.22. The number of aryl methyl sites for hydroxylation is 4. The summed E-state index contributed by atoms with van der Waals surface area (Å²) in [6.07, 6.45) is 12.6. The molecule has 1 aliphatic heterocycles. The highest BCUT2D eigenvalue weighted by atomic mass is 19.3. The van der Waals surface area contributed by atoms with Gasteiger partial charge < -0.3 is 20.4 Å². The highest BCUT2D eigenvalue weighted by Gasteiger charge is 2.09. The molecule has 0 bridgehead atoms. The molecule has 1 fully saturated rings. The normalized spacial score (nSPS) is 12.6. The largest absolute Gasteiger partial charge is 0.435 e. The molecule has 5 nitrogen and oxygen atoms in total. The predicted molar refractivity (Wildman–Crippen MR) is 167 cm³/mol. The van der Waals surface area contributed by atoms with Crippen LogP contribution in [0.1, 0.15) is 93.7 Å². The Balaban J connectivity index is 0.000000544. The number of aromatic nitrogens is 1. The number of halogens is 2. The quantitative estimate of drug-likeness (QED) is 0.286. The summed E-state index contributed by atoms with van der Waals surface area (Å²) >= 11 is 0. The van der Waals surface area contributed by atoms with Gasteiger partial charge in [0.15, 0.2) is 0 Å². The zero-order valence-corrected chi connectivity index (χ0v) is 26.1. The highest BCUT2D eigenvalue weighted by molar-refractivity contribution is 5.99. The standard InChI is InChI=1S/C11H14F2O.C11H16N2.C8H17N.C3H7N/c1-3-4-9-6-5-8(2)7-10(9)14-11(12)13;1-4-5-11(12)10-7-13-9(3)6-8(10)2;1-2-6-9-7-4-3-5-8-9;1-3-4-2/h5-7,11H,3-4H2,1-2H3;6-7,12H,4-5H2,1-3H3;2-8H2,1H3;3-4H,1H2,2H3. The maximum absolute atomic E-state index is 12.1. The van der Waals surface area contributed by atoms with Gasteiger partial charge in [0.25, 0.3) is 0 Å². The van der Waals surface area contributed by atoms with Crippen LogP contribution in [-0.2, 0) is 6.42 Å². The first-order chi connectivity index (χ1) is 19.1. The number of hydrogen-bond acceptors (Lipinski definition) is 5. The van der Waals surface area contributed by atoms with E-state index in [2.05, 4.69) is 40.4 Å². The molecule has 0 aliphatic carbocycles. The average molecular weight is 561 g/mol. The van der Waals surface area contributed by atoms with E-state index in [0.717, 1.165) is 53.6 Å². The van der Waals surface area contributed by atoms with Crippen LogP contribution in [0.4, 0.5) is 8.78 Å². The minimum atomic E-state index is -2.74. The Hall–Kier alpha value is -2.80. The summed E-state index contributed by atoms with van der Waals surface area (Å²) in [6, 6.07) is 7.43. The fraction of sp³-hybridized carbons (Fsp3) is 0.576. The number of hydrogen-bond donors (Lipinski definition) is 2. The Labute approximate surface area is 242 Å². The number of pyridine rings is 1. The fourth-order valence-electron chi connectivity index (χ4n) is 4.24. The summed E-state index contributed by atoms with van der Waals surface area (Å²) in [6.45, 7) is 16.9. The monoisotopic (exact) mass is 560 g/mol. The number of nitrogens with one attached hydrogen (secondary N) is 2. The van der Waals surface area contributed by atoms with Gasteiger partial charge in [-0.05, 0) is 108 Å². The Morgan fingerprint density at radius 1 is 1.07 bits per heavy atom. The van der Waals surface area contributed by atoms with Crippen LogP contribution in [0.2, 0.25) is 0 Å². The van der Waals surface area contributed by atoms with Gasteiger partial charge in [0.2, 0.25) is 0 Å². The fourth-order valence-corrected chi connectivity index (χ4v) is 4.24. The number of alkyl halides is 2. The topological polar surface area (TPSA) is 61.2 Å². The van der Waals surface area contributed by atoms with E-state index >= 15 is 0 Å². The van der Waals surface area contributed by atoms with Crippen molar-refractivity contribution >= 4 is 5.71 Å². The molecular weight excluding hydrogens is 506 g/mol. The number of piperidine rings is 1. The van der Waals surface area contributed by atoms with Gasteiger partial charge in [-0.3, -0.25) is 4.98 Å². The van der Waals surface area contributed by atoms with E-state index in [-0.39, 0.29) is 0 Å². The van der Waals surface area contributed by atoms with E-state index in [9.17, 15) is 8.78 Å². The van der Waals surface area contributed by atoms with E-state index in [4.69, 9.17) is 5.41 Å². The van der Waals surface area contributed by atoms with Gasteiger partial charge in [-0.1, -0.05) is 58.7 Å². The summed E-state index contributed by atoms with van der Waals surface area (Å²) in [7, 11) is 1.81. The zero-order valence-electron chi connectivity index (χ0n) is 26.1. The molecule has 1 aromatic heterocycles. The number of ether oxygens (including phenoxy) is 1. The van der Waals surface area contributed by atoms with E-state index in [1.807, 2.05) is 59.1 Å². The van der Waals surface area contributed by atoms with Gasteiger partial charge in [0, 0.05) is 30.2 Å². The average Bonchev–Trinajstić information content (AvgIpc) is 2.92. The first kappa shape index (κ1) is 37.2. The molecule has 226 valence electrons. The highest BCUT2D eigenvalue weighted by Crippen LogP contribution is 2.23. The lowest BCUT2D eigenvalue weighted by molar-refractivity contribution is -0.0504. The smallest absolute Gasteiger partial charge is 0.387 e. The van der Waals surface area contributed by atoms with Crippen molar-refractivity contribution in [2.24, 2.45) is 0 Å².